The first-order valence-corrected chi connectivity index (χ1v) is 10.1. The molecular formula is C20H22N4O2S. The summed E-state index contributed by atoms with van der Waals surface area (Å²) in [6, 6.07) is 10.4. The molecule has 27 heavy (non-hydrogen) atoms. The molecule has 1 fully saturated rings. The maximum atomic E-state index is 12.1. The van der Waals surface area contributed by atoms with E-state index in [9.17, 15) is 9.59 Å². The number of nitrogens with one attached hydrogen (secondary N) is 1. The third kappa shape index (κ3) is 4.03. The molecule has 4 rings (SSSR count). The van der Waals surface area contributed by atoms with Crippen LogP contribution in [0.15, 0.2) is 41.9 Å². The summed E-state index contributed by atoms with van der Waals surface area (Å²) < 4.78 is 2.21. The molecule has 1 saturated heterocycles. The molecule has 0 atom stereocenters. The van der Waals surface area contributed by atoms with Crippen LogP contribution in [-0.4, -0.2) is 34.5 Å². The predicted molar refractivity (Wildman–Crippen MR) is 107 cm³/mol. The van der Waals surface area contributed by atoms with Crippen LogP contribution in [-0.2, 0) is 22.6 Å². The molecule has 6 nitrogen and oxygen atoms in total. The maximum Gasteiger partial charge on any atom is 0.228 e. The number of nitrogens with zero attached hydrogens (tertiary/aromatic N) is 3. The van der Waals surface area contributed by atoms with E-state index in [-0.39, 0.29) is 18.2 Å². The van der Waals surface area contributed by atoms with Crippen molar-refractivity contribution >= 4 is 39.2 Å². The van der Waals surface area contributed by atoms with Gasteiger partial charge in [0, 0.05) is 43.1 Å². The Morgan fingerprint density at radius 1 is 1.26 bits per heavy atom. The minimum Gasteiger partial charge on any atom is -0.356 e. The van der Waals surface area contributed by atoms with E-state index in [4.69, 9.17) is 0 Å². The summed E-state index contributed by atoms with van der Waals surface area (Å²) >= 11 is 1.43. The van der Waals surface area contributed by atoms with Gasteiger partial charge in [-0.25, -0.2) is 4.98 Å². The fraction of sp³-hybridized carbons (Fsp3) is 0.350. The molecule has 0 saturated carbocycles. The van der Waals surface area contributed by atoms with Gasteiger partial charge in [0.2, 0.25) is 11.8 Å². The minimum atomic E-state index is -0.0306. The highest BCUT2D eigenvalue weighted by Crippen LogP contribution is 2.25. The molecule has 140 valence electrons. The number of thiazole rings is 1. The highest BCUT2D eigenvalue weighted by atomic mass is 32.1. The summed E-state index contributed by atoms with van der Waals surface area (Å²) in [5.74, 6) is 0.0925. The predicted octanol–water partition coefficient (Wildman–Crippen LogP) is 2.97. The van der Waals surface area contributed by atoms with Crippen molar-refractivity contribution in [1.82, 2.24) is 14.9 Å². The van der Waals surface area contributed by atoms with E-state index in [1.807, 2.05) is 17.5 Å². The van der Waals surface area contributed by atoms with Crippen LogP contribution in [0.2, 0.25) is 0 Å². The van der Waals surface area contributed by atoms with Crippen molar-refractivity contribution < 1.29 is 9.59 Å². The number of aromatic nitrogens is 2. The van der Waals surface area contributed by atoms with Gasteiger partial charge in [-0.1, -0.05) is 18.2 Å². The lowest BCUT2D eigenvalue weighted by atomic mass is 10.2. The Bertz CT molecular complexity index is 962. The molecule has 7 heteroatoms. The van der Waals surface area contributed by atoms with Gasteiger partial charge in [-0.15, -0.1) is 11.3 Å². The lowest BCUT2D eigenvalue weighted by Gasteiger charge is -2.10. The number of rotatable bonds is 7. The van der Waals surface area contributed by atoms with Crippen LogP contribution in [0.4, 0.5) is 5.13 Å². The molecule has 2 aromatic heterocycles. The van der Waals surface area contributed by atoms with Crippen LogP contribution >= 0.6 is 11.3 Å². The Kier molecular flexibility index (Phi) is 5.20. The van der Waals surface area contributed by atoms with Crippen LogP contribution in [0.5, 0.6) is 0 Å². The molecule has 3 aromatic rings. The third-order valence-corrected chi connectivity index (χ3v) is 5.68. The monoisotopic (exact) mass is 382 g/mol. The Morgan fingerprint density at radius 2 is 2.15 bits per heavy atom. The van der Waals surface area contributed by atoms with E-state index in [1.54, 1.807) is 4.90 Å². The Balaban J connectivity index is 1.23. The first-order valence-electron chi connectivity index (χ1n) is 9.26. The van der Waals surface area contributed by atoms with Gasteiger partial charge in [-0.05, 0) is 30.4 Å². The molecule has 0 radical (unpaired) electrons. The number of fused-ring (bicyclic) bond motifs is 1. The average molecular weight is 382 g/mol. The number of benzene rings is 1. The van der Waals surface area contributed by atoms with Gasteiger partial charge in [0.05, 0.1) is 12.1 Å². The molecule has 2 amide bonds. The van der Waals surface area contributed by atoms with Crippen molar-refractivity contribution in [3.63, 3.8) is 0 Å². The van der Waals surface area contributed by atoms with E-state index in [0.29, 0.717) is 18.1 Å². The Morgan fingerprint density at radius 3 is 3.00 bits per heavy atom. The highest BCUT2D eigenvalue weighted by molar-refractivity contribution is 7.14. The zero-order valence-corrected chi connectivity index (χ0v) is 15.9. The van der Waals surface area contributed by atoms with Gasteiger partial charge in [-0.2, -0.15) is 0 Å². The van der Waals surface area contributed by atoms with Crippen LogP contribution in [0, 0.1) is 0 Å². The van der Waals surface area contributed by atoms with Crippen molar-refractivity contribution in [2.45, 2.75) is 32.2 Å². The molecular weight excluding hydrogens is 360 g/mol. The van der Waals surface area contributed by atoms with Crippen molar-refractivity contribution in [3.8, 4) is 0 Å². The number of amides is 2. The molecule has 3 heterocycles. The zero-order chi connectivity index (χ0) is 18.6. The largest absolute Gasteiger partial charge is 0.356 e. The highest BCUT2D eigenvalue weighted by Gasteiger charge is 2.24. The van der Waals surface area contributed by atoms with E-state index < -0.39 is 0 Å². The number of aryl methyl sites for hydroxylation is 1. The summed E-state index contributed by atoms with van der Waals surface area (Å²) in [7, 11) is 0. The normalized spacial score (nSPS) is 14.2. The molecule has 0 aliphatic carbocycles. The van der Waals surface area contributed by atoms with E-state index in [0.717, 1.165) is 31.6 Å². The van der Waals surface area contributed by atoms with Gasteiger partial charge in [0.15, 0.2) is 5.13 Å². The third-order valence-electron chi connectivity index (χ3n) is 4.76. The summed E-state index contributed by atoms with van der Waals surface area (Å²) in [5.41, 5.74) is 1.94. The quantitative estimate of drug-likeness (QED) is 0.639. The van der Waals surface area contributed by atoms with Gasteiger partial charge in [0.1, 0.15) is 0 Å². The smallest absolute Gasteiger partial charge is 0.228 e. The maximum absolute atomic E-state index is 12.1. The van der Waals surface area contributed by atoms with Crippen LogP contribution in [0.1, 0.15) is 25.0 Å². The molecule has 1 aliphatic heterocycles. The number of carbonyl (C=O) groups excluding carboxylic acids is 2. The fourth-order valence-corrected chi connectivity index (χ4v) is 4.26. The minimum absolute atomic E-state index is 0.0306. The second-order valence-electron chi connectivity index (χ2n) is 6.72. The molecule has 1 N–H and O–H groups in total. The summed E-state index contributed by atoms with van der Waals surface area (Å²) in [6.07, 6.45) is 4.68. The molecule has 0 spiro atoms. The van der Waals surface area contributed by atoms with Gasteiger partial charge in [0.25, 0.3) is 0 Å². The van der Waals surface area contributed by atoms with Gasteiger partial charge in [-0.3, -0.25) is 14.5 Å². The molecule has 0 unspecified atom stereocenters. The molecule has 0 bridgehead atoms. The molecule has 1 aliphatic rings. The van der Waals surface area contributed by atoms with Crippen LogP contribution in [0.3, 0.4) is 0 Å². The number of hydrogen-bond donors (Lipinski definition) is 1. The Hall–Kier alpha value is -2.67. The number of para-hydroxylation sites is 1. The first-order chi connectivity index (χ1) is 13.2. The van der Waals surface area contributed by atoms with Gasteiger partial charge >= 0.3 is 0 Å². The second-order valence-corrected chi connectivity index (χ2v) is 7.56. The second kappa shape index (κ2) is 7.92. The Labute approximate surface area is 161 Å². The van der Waals surface area contributed by atoms with E-state index >= 15 is 0 Å². The van der Waals surface area contributed by atoms with Crippen molar-refractivity contribution in [3.05, 3.63) is 47.6 Å². The summed E-state index contributed by atoms with van der Waals surface area (Å²) in [4.78, 5) is 30.1. The lowest BCUT2D eigenvalue weighted by molar-refractivity contribution is -0.120. The molecule has 1 aromatic carbocycles. The summed E-state index contributed by atoms with van der Waals surface area (Å²) in [5, 5.41) is 6.77. The standard InChI is InChI=1S/C20H22N4O2S/c25-18(13-16-14-27-20(22-16)24-11-3-7-19(24)26)21-9-4-10-23-12-8-15-5-1-2-6-17(15)23/h1-2,5-6,8,12,14H,3-4,7,9-11,13H2,(H,21,25). The van der Waals surface area contributed by atoms with E-state index in [2.05, 4.69) is 39.3 Å². The van der Waals surface area contributed by atoms with Crippen molar-refractivity contribution in [1.29, 1.82) is 0 Å². The summed E-state index contributed by atoms with van der Waals surface area (Å²) in [6.45, 7) is 2.23. The SMILES string of the molecule is O=C(Cc1csc(N2CCCC2=O)n1)NCCCn1ccc2ccccc21. The van der Waals surface area contributed by atoms with Gasteiger partial charge < -0.3 is 9.88 Å². The lowest BCUT2D eigenvalue weighted by Crippen LogP contribution is -2.27. The number of anilines is 1. The van der Waals surface area contributed by atoms with Crippen molar-refractivity contribution in [2.24, 2.45) is 0 Å². The first kappa shape index (κ1) is 17.7. The number of hydrogen-bond acceptors (Lipinski definition) is 4. The van der Waals surface area contributed by atoms with Crippen molar-refractivity contribution in [2.75, 3.05) is 18.0 Å². The number of carbonyl (C=O) groups is 2. The topological polar surface area (TPSA) is 67.2 Å². The van der Waals surface area contributed by atoms with Crippen LogP contribution < -0.4 is 10.2 Å². The van der Waals surface area contributed by atoms with Crippen LogP contribution in [0.25, 0.3) is 10.9 Å². The fourth-order valence-electron chi connectivity index (χ4n) is 3.39. The average Bonchev–Trinajstić information content (AvgIpc) is 3.39. The zero-order valence-electron chi connectivity index (χ0n) is 15.1. The van der Waals surface area contributed by atoms with E-state index in [1.165, 1.54) is 22.2 Å².